The smallest absolute Gasteiger partial charge is 0.409 e. The molecule has 5 heteroatoms. The van der Waals surface area contributed by atoms with E-state index in [1.54, 1.807) is 0 Å². The van der Waals surface area contributed by atoms with Gasteiger partial charge in [-0.05, 0) is 38.0 Å². The molecule has 0 spiro atoms. The maximum atomic E-state index is 12.2. The number of carbonyl (C=O) groups is 1. The molecule has 0 aromatic heterocycles. The van der Waals surface area contributed by atoms with Crippen molar-refractivity contribution in [3.05, 3.63) is 0 Å². The Morgan fingerprint density at radius 3 is 2.43 bits per heavy atom. The molecule has 1 aliphatic carbocycles. The summed E-state index contributed by atoms with van der Waals surface area (Å²) in [6.45, 7) is 4.64. The van der Waals surface area contributed by atoms with Gasteiger partial charge in [-0.2, -0.15) is 0 Å². The van der Waals surface area contributed by atoms with Crippen LogP contribution in [0.4, 0.5) is 4.79 Å². The molecule has 1 saturated carbocycles. The monoisotopic (exact) mass is 325 g/mol. The Morgan fingerprint density at radius 1 is 0.957 bits per heavy atom. The second-order valence-corrected chi connectivity index (χ2v) is 7.33. The summed E-state index contributed by atoms with van der Waals surface area (Å²) in [4.78, 5) is 14.0. The molecule has 3 fully saturated rings. The molecule has 1 amide bonds. The van der Waals surface area contributed by atoms with Crippen LogP contribution in [0.25, 0.3) is 0 Å². The second kappa shape index (κ2) is 8.88. The first-order chi connectivity index (χ1) is 11.3. The van der Waals surface area contributed by atoms with E-state index in [9.17, 15) is 4.79 Å². The number of ether oxygens (including phenoxy) is 3. The van der Waals surface area contributed by atoms with E-state index in [-0.39, 0.29) is 12.2 Å². The molecule has 3 aliphatic rings. The minimum atomic E-state index is -0.127. The summed E-state index contributed by atoms with van der Waals surface area (Å²) in [5.41, 5.74) is 0. The van der Waals surface area contributed by atoms with E-state index in [1.165, 1.54) is 32.1 Å². The van der Waals surface area contributed by atoms with Gasteiger partial charge in [0.25, 0.3) is 0 Å². The number of hydrogen-bond acceptors (Lipinski definition) is 4. The topological polar surface area (TPSA) is 48.0 Å². The van der Waals surface area contributed by atoms with Crippen molar-refractivity contribution in [3.8, 4) is 0 Å². The van der Waals surface area contributed by atoms with E-state index in [0.717, 1.165) is 52.2 Å². The van der Waals surface area contributed by atoms with Gasteiger partial charge in [0.2, 0.25) is 0 Å². The molecular formula is C18H31NO4. The predicted molar refractivity (Wildman–Crippen MR) is 87.4 cm³/mol. The lowest BCUT2D eigenvalue weighted by atomic mass is 9.90. The molecule has 2 aliphatic heterocycles. The Bertz CT molecular complexity index is 356. The summed E-state index contributed by atoms with van der Waals surface area (Å²) in [5.74, 6) is 1.15. The Hall–Kier alpha value is -0.810. The fourth-order valence-corrected chi connectivity index (χ4v) is 3.83. The molecule has 3 rings (SSSR count). The largest absolute Gasteiger partial charge is 0.449 e. The zero-order chi connectivity index (χ0) is 15.9. The van der Waals surface area contributed by atoms with Crippen molar-refractivity contribution in [1.29, 1.82) is 0 Å². The van der Waals surface area contributed by atoms with Crippen molar-refractivity contribution in [3.63, 3.8) is 0 Å². The van der Waals surface area contributed by atoms with Gasteiger partial charge >= 0.3 is 6.09 Å². The van der Waals surface area contributed by atoms with Crippen LogP contribution in [0.1, 0.15) is 51.4 Å². The molecule has 1 atom stereocenters. The third-order valence-electron chi connectivity index (χ3n) is 5.46. The summed E-state index contributed by atoms with van der Waals surface area (Å²) in [6, 6.07) is 0. The van der Waals surface area contributed by atoms with Crippen LogP contribution in [-0.4, -0.2) is 56.6 Å². The fourth-order valence-electron chi connectivity index (χ4n) is 3.83. The zero-order valence-corrected chi connectivity index (χ0v) is 14.2. The minimum absolute atomic E-state index is 0.127. The van der Waals surface area contributed by atoms with Crippen LogP contribution >= 0.6 is 0 Å². The highest BCUT2D eigenvalue weighted by atomic mass is 16.6. The van der Waals surface area contributed by atoms with Crippen LogP contribution < -0.4 is 0 Å². The Morgan fingerprint density at radius 2 is 1.74 bits per heavy atom. The first-order valence-electron chi connectivity index (χ1n) is 9.42. The minimum Gasteiger partial charge on any atom is -0.449 e. The molecule has 2 heterocycles. The average Bonchev–Trinajstić information content (AvgIpc) is 3.13. The van der Waals surface area contributed by atoms with Gasteiger partial charge in [0.15, 0.2) is 0 Å². The number of piperidine rings is 1. The standard InChI is InChI=1S/C18H31NO4/c20-18(23-13-15-4-2-1-3-5-15)19-9-6-17(7-10-19)22-14-16-8-11-21-12-16/h15-17H,1-14H2. The number of nitrogens with zero attached hydrogens (tertiary/aromatic N) is 1. The molecule has 0 N–H and O–H groups in total. The molecule has 0 bridgehead atoms. The van der Waals surface area contributed by atoms with Crippen LogP contribution in [-0.2, 0) is 14.2 Å². The van der Waals surface area contributed by atoms with E-state index >= 15 is 0 Å². The van der Waals surface area contributed by atoms with Crippen LogP contribution in [0.2, 0.25) is 0 Å². The Labute approximate surface area is 139 Å². The van der Waals surface area contributed by atoms with Crippen molar-refractivity contribution >= 4 is 6.09 Å². The highest BCUT2D eigenvalue weighted by molar-refractivity contribution is 5.67. The van der Waals surface area contributed by atoms with Crippen molar-refractivity contribution in [2.45, 2.75) is 57.5 Å². The number of rotatable bonds is 5. The number of amides is 1. The molecule has 0 aromatic rings. The molecule has 132 valence electrons. The van der Waals surface area contributed by atoms with Crippen molar-refractivity contribution in [2.75, 3.05) is 39.5 Å². The normalized spacial score (nSPS) is 27.3. The van der Waals surface area contributed by atoms with Gasteiger partial charge in [-0.3, -0.25) is 0 Å². The second-order valence-electron chi connectivity index (χ2n) is 7.33. The van der Waals surface area contributed by atoms with Crippen molar-refractivity contribution in [1.82, 2.24) is 4.90 Å². The Kier molecular flexibility index (Phi) is 6.57. The van der Waals surface area contributed by atoms with Gasteiger partial charge in [0, 0.05) is 25.6 Å². The van der Waals surface area contributed by atoms with Crippen LogP contribution in [0.5, 0.6) is 0 Å². The van der Waals surface area contributed by atoms with Gasteiger partial charge in [-0.15, -0.1) is 0 Å². The summed E-state index contributed by atoms with van der Waals surface area (Å²) >= 11 is 0. The van der Waals surface area contributed by atoms with Crippen molar-refractivity contribution in [2.24, 2.45) is 11.8 Å². The van der Waals surface area contributed by atoms with Crippen LogP contribution in [0, 0.1) is 11.8 Å². The lowest BCUT2D eigenvalue weighted by Crippen LogP contribution is -2.42. The lowest BCUT2D eigenvalue weighted by Gasteiger charge is -2.32. The third kappa shape index (κ3) is 5.35. The average molecular weight is 325 g/mol. The summed E-state index contributed by atoms with van der Waals surface area (Å²) in [5, 5.41) is 0. The van der Waals surface area contributed by atoms with Gasteiger partial charge < -0.3 is 19.1 Å². The maximum absolute atomic E-state index is 12.2. The summed E-state index contributed by atoms with van der Waals surface area (Å²) in [6.07, 6.45) is 9.47. The molecule has 23 heavy (non-hydrogen) atoms. The molecule has 0 aromatic carbocycles. The fraction of sp³-hybridized carbons (Fsp3) is 0.944. The van der Waals surface area contributed by atoms with Gasteiger partial charge in [-0.25, -0.2) is 4.79 Å². The van der Waals surface area contributed by atoms with Crippen LogP contribution in [0.15, 0.2) is 0 Å². The molecular weight excluding hydrogens is 294 g/mol. The highest BCUT2D eigenvalue weighted by Gasteiger charge is 2.26. The van der Waals surface area contributed by atoms with Crippen molar-refractivity contribution < 1.29 is 19.0 Å². The van der Waals surface area contributed by atoms with E-state index in [0.29, 0.717) is 18.4 Å². The van der Waals surface area contributed by atoms with Gasteiger partial charge in [-0.1, -0.05) is 19.3 Å². The SMILES string of the molecule is O=C(OCC1CCCCC1)N1CCC(OCC2CCOC2)CC1. The molecule has 1 unspecified atom stereocenters. The summed E-state index contributed by atoms with van der Waals surface area (Å²) in [7, 11) is 0. The maximum Gasteiger partial charge on any atom is 0.409 e. The first kappa shape index (κ1) is 17.0. The predicted octanol–water partition coefficient (Wildman–Crippen LogP) is 3.22. The highest BCUT2D eigenvalue weighted by Crippen LogP contribution is 2.24. The first-order valence-corrected chi connectivity index (χ1v) is 9.42. The lowest BCUT2D eigenvalue weighted by molar-refractivity contribution is -0.0119. The van der Waals surface area contributed by atoms with Crippen LogP contribution in [0.3, 0.4) is 0 Å². The molecule has 2 saturated heterocycles. The zero-order valence-electron chi connectivity index (χ0n) is 14.2. The summed E-state index contributed by atoms with van der Waals surface area (Å²) < 4.78 is 16.9. The number of likely N-dealkylation sites (tertiary alicyclic amines) is 1. The van der Waals surface area contributed by atoms with E-state index < -0.39 is 0 Å². The van der Waals surface area contributed by atoms with E-state index in [4.69, 9.17) is 14.2 Å². The molecule has 5 nitrogen and oxygen atoms in total. The molecule has 0 radical (unpaired) electrons. The number of carbonyl (C=O) groups excluding carboxylic acids is 1. The van der Waals surface area contributed by atoms with E-state index in [1.807, 2.05) is 4.90 Å². The van der Waals surface area contributed by atoms with Gasteiger partial charge in [0.05, 0.1) is 25.9 Å². The van der Waals surface area contributed by atoms with E-state index in [2.05, 4.69) is 0 Å². The number of hydrogen-bond donors (Lipinski definition) is 0. The quantitative estimate of drug-likeness (QED) is 0.779. The van der Waals surface area contributed by atoms with Gasteiger partial charge in [0.1, 0.15) is 0 Å². The Balaban J connectivity index is 1.29. The third-order valence-corrected chi connectivity index (χ3v) is 5.46.